The molecule has 0 saturated heterocycles. The lowest BCUT2D eigenvalue weighted by molar-refractivity contribution is -0.142. The molecule has 1 aliphatic carbocycles. The molecule has 1 fully saturated rings. The third-order valence-corrected chi connectivity index (χ3v) is 4.64. The summed E-state index contributed by atoms with van der Waals surface area (Å²) in [7, 11) is 0. The molecule has 5 nitrogen and oxygen atoms in total. The number of rotatable bonds is 6. The molecule has 5 heteroatoms. The highest BCUT2D eigenvalue weighted by atomic mass is 16.4. The number of hydrogen-bond acceptors (Lipinski definition) is 3. The Morgan fingerprint density at radius 2 is 1.87 bits per heavy atom. The van der Waals surface area contributed by atoms with Crippen LogP contribution in [0.3, 0.4) is 0 Å². The van der Waals surface area contributed by atoms with E-state index in [-0.39, 0.29) is 11.8 Å². The van der Waals surface area contributed by atoms with Crippen LogP contribution in [0, 0.1) is 5.92 Å². The van der Waals surface area contributed by atoms with Crippen LogP contribution in [0.25, 0.3) is 0 Å². The number of anilines is 1. The fourth-order valence-electron chi connectivity index (χ4n) is 3.16. The molecule has 2 rings (SSSR count). The van der Waals surface area contributed by atoms with Crippen LogP contribution in [0.5, 0.6) is 0 Å². The van der Waals surface area contributed by atoms with E-state index in [4.69, 9.17) is 5.11 Å². The number of amides is 1. The second-order valence-electron chi connectivity index (χ2n) is 6.22. The van der Waals surface area contributed by atoms with Crippen molar-refractivity contribution >= 4 is 17.6 Å². The number of nitrogens with one attached hydrogen (secondary N) is 1. The third kappa shape index (κ3) is 4.71. The van der Waals surface area contributed by atoms with E-state index >= 15 is 0 Å². The van der Waals surface area contributed by atoms with Crippen molar-refractivity contribution in [1.82, 2.24) is 4.90 Å². The van der Waals surface area contributed by atoms with E-state index in [1.165, 1.54) is 0 Å². The maximum atomic E-state index is 11.6. The van der Waals surface area contributed by atoms with Gasteiger partial charge < -0.3 is 15.3 Å². The molecule has 0 bridgehead atoms. The number of para-hydroxylation sites is 1. The normalized spacial score (nSPS) is 20.8. The maximum Gasteiger partial charge on any atom is 0.306 e. The van der Waals surface area contributed by atoms with Crippen molar-refractivity contribution in [2.24, 2.45) is 5.92 Å². The number of carboxylic acids is 1. The Morgan fingerprint density at radius 3 is 2.43 bits per heavy atom. The standard InChI is InChI=1S/C18H26N2O3/c1-3-20(13(2)21)12-15-6-4-5-7-17(15)19-16-10-8-14(9-11-16)18(22)23/h4-7,14,16,19H,3,8-12H2,1-2H3,(H,22,23). The van der Waals surface area contributed by atoms with Gasteiger partial charge in [-0.25, -0.2) is 0 Å². The quantitative estimate of drug-likeness (QED) is 0.845. The van der Waals surface area contributed by atoms with E-state index in [0.717, 1.165) is 36.9 Å². The first-order valence-corrected chi connectivity index (χ1v) is 8.34. The Labute approximate surface area is 137 Å². The molecule has 0 radical (unpaired) electrons. The number of benzene rings is 1. The van der Waals surface area contributed by atoms with Crippen LogP contribution < -0.4 is 5.32 Å². The average Bonchev–Trinajstić information content (AvgIpc) is 2.54. The molecule has 2 N–H and O–H groups in total. The first-order valence-electron chi connectivity index (χ1n) is 8.34. The fraction of sp³-hybridized carbons (Fsp3) is 0.556. The minimum Gasteiger partial charge on any atom is -0.481 e. The Kier molecular flexibility index (Phi) is 6.02. The summed E-state index contributed by atoms with van der Waals surface area (Å²) >= 11 is 0. The first kappa shape index (κ1) is 17.3. The van der Waals surface area contributed by atoms with E-state index in [0.29, 0.717) is 19.1 Å². The largest absolute Gasteiger partial charge is 0.481 e. The predicted octanol–water partition coefficient (Wildman–Crippen LogP) is 3.11. The summed E-state index contributed by atoms with van der Waals surface area (Å²) in [6, 6.07) is 8.34. The molecule has 1 aromatic rings. The Morgan fingerprint density at radius 1 is 1.22 bits per heavy atom. The molecule has 1 aliphatic rings. The number of nitrogens with zero attached hydrogens (tertiary/aromatic N) is 1. The molecule has 1 amide bonds. The number of carboxylic acid groups (broad SMARTS) is 1. The summed E-state index contributed by atoms with van der Waals surface area (Å²) < 4.78 is 0. The van der Waals surface area contributed by atoms with Gasteiger partial charge in [-0.3, -0.25) is 9.59 Å². The minimum absolute atomic E-state index is 0.0734. The molecule has 0 aromatic heterocycles. The number of hydrogen-bond donors (Lipinski definition) is 2. The fourth-order valence-corrected chi connectivity index (χ4v) is 3.16. The highest BCUT2D eigenvalue weighted by Gasteiger charge is 2.26. The average molecular weight is 318 g/mol. The Hall–Kier alpha value is -2.04. The molecule has 0 spiro atoms. The number of aliphatic carboxylic acids is 1. The summed E-state index contributed by atoms with van der Waals surface area (Å²) in [5, 5.41) is 12.6. The van der Waals surface area contributed by atoms with Crippen molar-refractivity contribution in [1.29, 1.82) is 0 Å². The van der Waals surface area contributed by atoms with Crippen molar-refractivity contribution in [2.75, 3.05) is 11.9 Å². The third-order valence-electron chi connectivity index (χ3n) is 4.64. The van der Waals surface area contributed by atoms with E-state index in [9.17, 15) is 9.59 Å². The second kappa shape index (κ2) is 7.99. The van der Waals surface area contributed by atoms with Crippen molar-refractivity contribution in [2.45, 2.75) is 52.1 Å². The van der Waals surface area contributed by atoms with Gasteiger partial charge in [0.25, 0.3) is 0 Å². The van der Waals surface area contributed by atoms with E-state index in [1.807, 2.05) is 36.1 Å². The molecule has 1 aromatic carbocycles. The molecular formula is C18H26N2O3. The van der Waals surface area contributed by atoms with Gasteiger partial charge in [-0.05, 0) is 44.2 Å². The zero-order valence-electron chi connectivity index (χ0n) is 13.9. The lowest BCUT2D eigenvalue weighted by Gasteiger charge is -2.29. The van der Waals surface area contributed by atoms with Gasteiger partial charge in [0.15, 0.2) is 0 Å². The van der Waals surface area contributed by atoms with Gasteiger partial charge in [0.2, 0.25) is 5.91 Å². The van der Waals surface area contributed by atoms with Crippen molar-refractivity contribution in [3.63, 3.8) is 0 Å². The number of carbonyl (C=O) groups is 2. The van der Waals surface area contributed by atoms with Crippen LogP contribution in [0.1, 0.15) is 45.1 Å². The maximum absolute atomic E-state index is 11.6. The van der Waals surface area contributed by atoms with Gasteiger partial charge in [-0.15, -0.1) is 0 Å². The molecule has 1 saturated carbocycles. The zero-order chi connectivity index (χ0) is 16.8. The SMILES string of the molecule is CCN(Cc1ccccc1NC1CCC(C(=O)O)CC1)C(C)=O. The van der Waals surface area contributed by atoms with E-state index in [1.54, 1.807) is 6.92 Å². The van der Waals surface area contributed by atoms with Gasteiger partial charge in [0, 0.05) is 31.7 Å². The monoisotopic (exact) mass is 318 g/mol. The second-order valence-corrected chi connectivity index (χ2v) is 6.22. The van der Waals surface area contributed by atoms with Crippen LogP contribution in [0.2, 0.25) is 0 Å². The molecule has 0 heterocycles. The highest BCUT2D eigenvalue weighted by molar-refractivity contribution is 5.73. The number of carbonyl (C=O) groups excluding carboxylic acids is 1. The van der Waals surface area contributed by atoms with Crippen LogP contribution in [0.15, 0.2) is 24.3 Å². The summed E-state index contributed by atoms with van der Waals surface area (Å²) in [5.41, 5.74) is 2.15. The molecule has 0 unspecified atom stereocenters. The first-order chi connectivity index (χ1) is 11.0. The molecule has 126 valence electrons. The lowest BCUT2D eigenvalue weighted by atomic mass is 9.86. The Bertz CT molecular complexity index is 551. The zero-order valence-corrected chi connectivity index (χ0v) is 13.9. The Balaban J connectivity index is 2.01. The van der Waals surface area contributed by atoms with E-state index in [2.05, 4.69) is 5.32 Å². The highest BCUT2D eigenvalue weighted by Crippen LogP contribution is 2.28. The van der Waals surface area contributed by atoms with Crippen LogP contribution >= 0.6 is 0 Å². The van der Waals surface area contributed by atoms with Crippen LogP contribution in [-0.4, -0.2) is 34.5 Å². The van der Waals surface area contributed by atoms with E-state index < -0.39 is 5.97 Å². The smallest absolute Gasteiger partial charge is 0.306 e. The minimum atomic E-state index is -0.677. The van der Waals surface area contributed by atoms with Gasteiger partial charge in [0.1, 0.15) is 0 Å². The van der Waals surface area contributed by atoms with Gasteiger partial charge in [-0.2, -0.15) is 0 Å². The van der Waals surface area contributed by atoms with Crippen molar-refractivity contribution in [3.05, 3.63) is 29.8 Å². The van der Waals surface area contributed by atoms with Crippen molar-refractivity contribution in [3.8, 4) is 0 Å². The molecular weight excluding hydrogens is 292 g/mol. The molecule has 0 atom stereocenters. The van der Waals surface area contributed by atoms with Crippen LogP contribution in [-0.2, 0) is 16.1 Å². The summed E-state index contributed by atoms with van der Waals surface area (Å²) in [6.45, 7) is 4.85. The van der Waals surface area contributed by atoms with Gasteiger partial charge in [0.05, 0.1) is 5.92 Å². The molecule has 0 aliphatic heterocycles. The summed E-state index contributed by atoms with van der Waals surface area (Å²) in [4.78, 5) is 24.5. The van der Waals surface area contributed by atoms with Gasteiger partial charge >= 0.3 is 5.97 Å². The summed E-state index contributed by atoms with van der Waals surface area (Å²) in [6.07, 6.45) is 3.19. The van der Waals surface area contributed by atoms with Crippen LogP contribution in [0.4, 0.5) is 5.69 Å². The van der Waals surface area contributed by atoms with Crippen molar-refractivity contribution < 1.29 is 14.7 Å². The predicted molar refractivity (Wildman–Crippen MR) is 90.2 cm³/mol. The lowest BCUT2D eigenvalue weighted by Crippen LogP contribution is -2.31. The molecule has 23 heavy (non-hydrogen) atoms. The van der Waals surface area contributed by atoms with Gasteiger partial charge in [-0.1, -0.05) is 18.2 Å². The summed E-state index contributed by atoms with van der Waals surface area (Å²) in [5.74, 6) is -0.801. The topological polar surface area (TPSA) is 69.6 Å².